The molecule has 5 nitrogen and oxygen atoms in total. The van der Waals surface area contributed by atoms with E-state index in [2.05, 4.69) is 26.0 Å². The highest BCUT2D eigenvalue weighted by Crippen LogP contribution is 2.22. The van der Waals surface area contributed by atoms with E-state index in [0.717, 1.165) is 44.9 Å². The van der Waals surface area contributed by atoms with Crippen molar-refractivity contribution in [3.63, 3.8) is 0 Å². The normalized spacial score (nSPS) is 12.0. The van der Waals surface area contributed by atoms with E-state index in [-0.39, 0.29) is 17.0 Å². The number of aromatic carboxylic acids is 1. The van der Waals surface area contributed by atoms with Gasteiger partial charge in [0.25, 0.3) is 0 Å². The van der Waals surface area contributed by atoms with Crippen LogP contribution < -0.4 is 0 Å². The zero-order chi connectivity index (χ0) is 32.8. The summed E-state index contributed by atoms with van der Waals surface area (Å²) in [5, 5.41) is 9.43. The molecule has 0 aliphatic heterocycles. The second kappa shape index (κ2) is 29.0. The summed E-state index contributed by atoms with van der Waals surface area (Å²) in [5.74, 6) is -2.92. The Balaban J connectivity index is 2.40. The van der Waals surface area contributed by atoms with Gasteiger partial charge in [-0.15, -0.1) is 0 Å². The first-order valence-electron chi connectivity index (χ1n) is 18.7. The molecule has 0 radical (unpaired) electrons. The molecule has 0 aliphatic rings. The number of allylic oxidation sites excluding steroid dienone is 2. The van der Waals surface area contributed by atoms with E-state index in [9.17, 15) is 19.5 Å². The van der Waals surface area contributed by atoms with Crippen molar-refractivity contribution in [2.24, 2.45) is 5.92 Å². The first-order chi connectivity index (χ1) is 22.0. The summed E-state index contributed by atoms with van der Waals surface area (Å²) >= 11 is 0. The van der Waals surface area contributed by atoms with Crippen LogP contribution in [0.15, 0.2) is 36.4 Å². The highest BCUT2D eigenvalue weighted by atomic mass is 16.6. The van der Waals surface area contributed by atoms with Crippen LogP contribution in [0, 0.1) is 5.92 Å². The monoisotopic (exact) mass is 626 g/mol. The second-order valence-corrected chi connectivity index (χ2v) is 13.0. The molecule has 1 aromatic rings. The lowest BCUT2D eigenvalue weighted by Gasteiger charge is -2.16. The lowest BCUT2D eigenvalue weighted by atomic mass is 9.94. The van der Waals surface area contributed by atoms with E-state index in [1.165, 1.54) is 121 Å². The molecule has 45 heavy (non-hydrogen) atoms. The van der Waals surface area contributed by atoms with Crippen LogP contribution >= 0.6 is 0 Å². The second-order valence-electron chi connectivity index (χ2n) is 13.0. The Kier molecular flexibility index (Phi) is 26.2. The number of carboxylic acid groups (broad SMARTS) is 1. The lowest BCUT2D eigenvalue weighted by Crippen LogP contribution is -2.23. The Labute approximate surface area is 276 Å². The average molecular weight is 627 g/mol. The zero-order valence-electron chi connectivity index (χ0n) is 29.0. The Morgan fingerprint density at radius 2 is 0.956 bits per heavy atom. The molecule has 0 aromatic heterocycles. The molecule has 0 fully saturated rings. The molecule has 256 valence electrons. The molecule has 0 saturated heterocycles. The summed E-state index contributed by atoms with van der Waals surface area (Å²) in [6.07, 6.45) is 35.8. The third-order valence-corrected chi connectivity index (χ3v) is 8.87. The van der Waals surface area contributed by atoms with Crippen LogP contribution in [0.4, 0.5) is 0 Å². The molecule has 0 heterocycles. The van der Waals surface area contributed by atoms with Crippen molar-refractivity contribution in [3.8, 4) is 0 Å². The van der Waals surface area contributed by atoms with Gasteiger partial charge in [0.2, 0.25) is 0 Å². The molecule has 0 spiro atoms. The topological polar surface area (TPSA) is 80.7 Å². The van der Waals surface area contributed by atoms with Crippen LogP contribution in [0.1, 0.15) is 202 Å². The van der Waals surface area contributed by atoms with Gasteiger partial charge in [0, 0.05) is 0 Å². The Bertz CT molecular complexity index is 921. The third kappa shape index (κ3) is 21.9. The maximum Gasteiger partial charge on any atom is 0.346 e. The van der Waals surface area contributed by atoms with Crippen LogP contribution in [0.2, 0.25) is 0 Å². The van der Waals surface area contributed by atoms with Gasteiger partial charge in [-0.25, -0.2) is 9.59 Å². The van der Waals surface area contributed by atoms with E-state index in [1.54, 1.807) is 12.1 Å². The van der Waals surface area contributed by atoms with E-state index in [4.69, 9.17) is 4.74 Å². The van der Waals surface area contributed by atoms with Crippen molar-refractivity contribution in [1.82, 2.24) is 0 Å². The third-order valence-electron chi connectivity index (χ3n) is 8.87. The van der Waals surface area contributed by atoms with Crippen LogP contribution in [-0.4, -0.2) is 23.0 Å². The van der Waals surface area contributed by atoms with Crippen LogP contribution in [0.3, 0.4) is 0 Å². The van der Waals surface area contributed by atoms with Crippen molar-refractivity contribution in [1.29, 1.82) is 0 Å². The molecule has 5 heteroatoms. The summed E-state index contributed by atoms with van der Waals surface area (Å²) < 4.78 is 5.27. The predicted octanol–water partition coefficient (Wildman–Crippen LogP) is 12.4. The SMILES string of the molecule is CCCCCCCCC=CCCCCCCC(CCCCCCCCCCCCCC)C(=O)OC(=O)c1ccccc1C(=O)O. The van der Waals surface area contributed by atoms with Gasteiger partial charge in [-0.3, -0.25) is 4.79 Å². The van der Waals surface area contributed by atoms with E-state index in [0.29, 0.717) is 12.8 Å². The maximum atomic E-state index is 13.1. The van der Waals surface area contributed by atoms with Gasteiger partial charge < -0.3 is 9.84 Å². The molecule has 1 unspecified atom stereocenters. The van der Waals surface area contributed by atoms with E-state index >= 15 is 0 Å². The molecular weight excluding hydrogens is 560 g/mol. The first-order valence-corrected chi connectivity index (χ1v) is 18.7. The van der Waals surface area contributed by atoms with E-state index in [1.807, 2.05) is 0 Å². The standard InChI is InChI=1S/C40H66O5/c1-3-5-7-9-11-13-15-17-18-20-22-24-26-28-32-35(31-27-25-23-21-19-16-14-12-10-8-6-4-2)39(43)45-40(44)37-34-30-29-33-36(37)38(41)42/h17-18,29-30,33-35H,3-16,19-28,31-32H2,1-2H3,(H,41,42). The average Bonchev–Trinajstić information content (AvgIpc) is 3.04. The van der Waals surface area contributed by atoms with Crippen molar-refractivity contribution >= 4 is 17.9 Å². The molecule has 1 rings (SSSR count). The minimum atomic E-state index is -1.21. The molecule has 1 N–H and O–H groups in total. The molecule has 0 aliphatic carbocycles. The summed E-state index contributed by atoms with van der Waals surface area (Å²) in [6.45, 7) is 4.51. The van der Waals surface area contributed by atoms with E-state index < -0.39 is 17.9 Å². The van der Waals surface area contributed by atoms with Crippen LogP contribution in [0.25, 0.3) is 0 Å². The predicted molar refractivity (Wildman–Crippen MR) is 188 cm³/mol. The Hall–Kier alpha value is -2.43. The van der Waals surface area contributed by atoms with Gasteiger partial charge in [-0.05, 0) is 50.7 Å². The van der Waals surface area contributed by atoms with Gasteiger partial charge in [0.05, 0.1) is 17.0 Å². The van der Waals surface area contributed by atoms with Gasteiger partial charge in [-0.1, -0.05) is 167 Å². The molecule has 0 saturated carbocycles. The number of rotatable bonds is 30. The lowest BCUT2D eigenvalue weighted by molar-refractivity contribution is -0.143. The number of carboxylic acids is 1. The highest BCUT2D eigenvalue weighted by Gasteiger charge is 2.25. The number of benzene rings is 1. The summed E-state index contributed by atoms with van der Waals surface area (Å²) in [4.78, 5) is 37.4. The summed E-state index contributed by atoms with van der Waals surface area (Å²) in [6, 6.07) is 5.91. The van der Waals surface area contributed by atoms with Gasteiger partial charge >= 0.3 is 17.9 Å². The van der Waals surface area contributed by atoms with Crippen LogP contribution in [-0.2, 0) is 9.53 Å². The fourth-order valence-electron chi connectivity index (χ4n) is 5.97. The van der Waals surface area contributed by atoms with Crippen molar-refractivity contribution < 1.29 is 24.2 Å². The summed E-state index contributed by atoms with van der Waals surface area (Å²) in [5.41, 5.74) is -0.221. The van der Waals surface area contributed by atoms with Crippen molar-refractivity contribution in [3.05, 3.63) is 47.5 Å². The highest BCUT2D eigenvalue weighted by molar-refractivity contribution is 6.05. The van der Waals surface area contributed by atoms with Crippen molar-refractivity contribution in [2.75, 3.05) is 0 Å². The van der Waals surface area contributed by atoms with Gasteiger partial charge in [0.15, 0.2) is 0 Å². The maximum absolute atomic E-state index is 13.1. The molecule has 1 aromatic carbocycles. The Morgan fingerprint density at radius 3 is 1.38 bits per heavy atom. The summed E-state index contributed by atoms with van der Waals surface area (Å²) in [7, 11) is 0. The van der Waals surface area contributed by atoms with Crippen LogP contribution in [0.5, 0.6) is 0 Å². The molecule has 0 bridgehead atoms. The number of hydrogen-bond acceptors (Lipinski definition) is 4. The minimum absolute atomic E-state index is 0.0768. The molecular formula is C40H66O5. The largest absolute Gasteiger partial charge is 0.478 e. The smallest absolute Gasteiger partial charge is 0.346 e. The zero-order valence-corrected chi connectivity index (χ0v) is 29.0. The Morgan fingerprint density at radius 1 is 0.578 bits per heavy atom. The number of hydrogen-bond donors (Lipinski definition) is 1. The minimum Gasteiger partial charge on any atom is -0.478 e. The fraction of sp³-hybridized carbons (Fsp3) is 0.725. The first kappa shape index (κ1) is 40.6. The molecule has 0 amide bonds. The number of esters is 2. The number of carbonyl (C=O) groups excluding carboxylic acids is 2. The fourth-order valence-corrected chi connectivity index (χ4v) is 5.97. The number of unbranched alkanes of at least 4 members (excludes halogenated alkanes) is 21. The van der Waals surface area contributed by atoms with Crippen molar-refractivity contribution in [2.45, 2.75) is 181 Å². The quantitative estimate of drug-likeness (QED) is 0.0397. The van der Waals surface area contributed by atoms with Gasteiger partial charge in [-0.2, -0.15) is 0 Å². The number of ether oxygens (including phenoxy) is 1. The number of carbonyl (C=O) groups is 3. The molecule has 1 atom stereocenters. The van der Waals surface area contributed by atoms with Gasteiger partial charge in [0.1, 0.15) is 0 Å².